The fourth-order valence-electron chi connectivity index (χ4n) is 3.00. The summed E-state index contributed by atoms with van der Waals surface area (Å²) in [6.07, 6.45) is 4.64. The van der Waals surface area contributed by atoms with Crippen LogP contribution in [-0.4, -0.2) is 47.6 Å². The van der Waals surface area contributed by atoms with Crippen LogP contribution < -0.4 is 15.4 Å². The minimum atomic E-state index is -0.129. The largest absolute Gasteiger partial charge is 0.494 e. The van der Waals surface area contributed by atoms with Crippen molar-refractivity contribution in [3.05, 3.63) is 54.4 Å². The number of anilines is 1. The van der Waals surface area contributed by atoms with Gasteiger partial charge in [-0.25, -0.2) is 4.79 Å². The molecule has 0 atom stereocenters. The van der Waals surface area contributed by atoms with Crippen LogP contribution in [0.5, 0.6) is 5.75 Å². The second-order valence-corrected chi connectivity index (χ2v) is 6.36. The summed E-state index contributed by atoms with van der Waals surface area (Å²) in [6, 6.07) is 10.7. The van der Waals surface area contributed by atoms with Crippen molar-refractivity contribution in [2.45, 2.75) is 25.8 Å². The molecule has 1 saturated heterocycles. The van der Waals surface area contributed by atoms with Crippen LogP contribution >= 0.6 is 0 Å². The van der Waals surface area contributed by atoms with Crippen LogP contribution in [0.25, 0.3) is 0 Å². The van der Waals surface area contributed by atoms with Gasteiger partial charge in [0.05, 0.1) is 12.2 Å². The number of aromatic nitrogens is 1. The number of amides is 3. The molecule has 7 heteroatoms. The highest BCUT2D eigenvalue weighted by Crippen LogP contribution is 2.17. The van der Waals surface area contributed by atoms with E-state index < -0.39 is 0 Å². The number of carbonyl (C=O) groups excluding carboxylic acids is 2. The summed E-state index contributed by atoms with van der Waals surface area (Å²) in [5, 5.41) is 5.91. The predicted molar refractivity (Wildman–Crippen MR) is 103 cm³/mol. The summed E-state index contributed by atoms with van der Waals surface area (Å²) in [4.78, 5) is 30.3. The van der Waals surface area contributed by atoms with Crippen LogP contribution in [0.4, 0.5) is 10.5 Å². The van der Waals surface area contributed by atoms with Crippen LogP contribution in [-0.2, 0) is 0 Å². The number of pyridine rings is 1. The first-order chi connectivity index (χ1) is 13.2. The van der Waals surface area contributed by atoms with Crippen LogP contribution in [0.2, 0.25) is 0 Å². The zero-order valence-electron chi connectivity index (χ0n) is 15.4. The maximum absolute atomic E-state index is 12.4. The summed E-state index contributed by atoms with van der Waals surface area (Å²) in [5.41, 5.74) is 1.28. The molecule has 7 nitrogen and oxygen atoms in total. The smallest absolute Gasteiger partial charge is 0.321 e. The fourth-order valence-corrected chi connectivity index (χ4v) is 3.00. The average Bonchev–Trinajstić information content (AvgIpc) is 2.71. The van der Waals surface area contributed by atoms with Crippen LogP contribution in [0.3, 0.4) is 0 Å². The molecule has 0 spiro atoms. The van der Waals surface area contributed by atoms with E-state index in [-0.39, 0.29) is 18.0 Å². The molecule has 2 aromatic rings. The number of piperidine rings is 1. The standard InChI is InChI=1S/C20H24N4O3/c1-2-27-18-7-5-16(6-8-18)23-20(26)24-12-9-17(10-13-24)22-19(25)15-4-3-11-21-14-15/h3-8,11,14,17H,2,9-10,12-13H2,1H3,(H,22,25)(H,23,26). The molecule has 3 amide bonds. The van der Waals surface area contributed by atoms with E-state index in [4.69, 9.17) is 4.74 Å². The number of likely N-dealkylation sites (tertiary alicyclic amines) is 1. The predicted octanol–water partition coefficient (Wildman–Crippen LogP) is 2.91. The normalized spacial score (nSPS) is 14.5. The van der Waals surface area contributed by atoms with E-state index in [9.17, 15) is 9.59 Å². The number of ether oxygens (including phenoxy) is 1. The van der Waals surface area contributed by atoms with Crippen LogP contribution in [0, 0.1) is 0 Å². The molecule has 2 heterocycles. The Morgan fingerprint density at radius 3 is 2.56 bits per heavy atom. The highest BCUT2D eigenvalue weighted by Gasteiger charge is 2.24. The van der Waals surface area contributed by atoms with Gasteiger partial charge in [-0.05, 0) is 56.2 Å². The zero-order valence-corrected chi connectivity index (χ0v) is 15.4. The summed E-state index contributed by atoms with van der Waals surface area (Å²) in [7, 11) is 0. The number of hydrogen-bond donors (Lipinski definition) is 2. The van der Waals surface area contributed by atoms with Crippen molar-refractivity contribution in [1.82, 2.24) is 15.2 Å². The van der Waals surface area contributed by atoms with Gasteiger partial charge in [0.1, 0.15) is 5.75 Å². The third-order valence-electron chi connectivity index (χ3n) is 4.46. The lowest BCUT2D eigenvalue weighted by Gasteiger charge is -2.32. The van der Waals surface area contributed by atoms with Gasteiger partial charge in [-0.3, -0.25) is 9.78 Å². The molecule has 27 heavy (non-hydrogen) atoms. The second kappa shape index (κ2) is 9.02. The van der Waals surface area contributed by atoms with Crippen molar-refractivity contribution in [2.24, 2.45) is 0 Å². The lowest BCUT2D eigenvalue weighted by Crippen LogP contribution is -2.47. The van der Waals surface area contributed by atoms with Gasteiger partial charge >= 0.3 is 6.03 Å². The number of nitrogens with zero attached hydrogens (tertiary/aromatic N) is 2. The molecule has 0 bridgehead atoms. The molecular formula is C20H24N4O3. The Morgan fingerprint density at radius 1 is 1.19 bits per heavy atom. The van der Waals surface area contributed by atoms with Crippen molar-refractivity contribution in [2.75, 3.05) is 25.0 Å². The number of nitrogens with one attached hydrogen (secondary N) is 2. The first-order valence-corrected chi connectivity index (χ1v) is 9.15. The Labute approximate surface area is 158 Å². The van der Waals surface area contributed by atoms with Gasteiger partial charge in [0.15, 0.2) is 0 Å². The third-order valence-corrected chi connectivity index (χ3v) is 4.46. The minimum Gasteiger partial charge on any atom is -0.494 e. The maximum atomic E-state index is 12.4. The number of benzene rings is 1. The highest BCUT2D eigenvalue weighted by atomic mass is 16.5. The summed E-state index contributed by atoms with van der Waals surface area (Å²) in [6.45, 7) is 3.73. The van der Waals surface area contributed by atoms with Gasteiger partial charge in [0.25, 0.3) is 5.91 Å². The maximum Gasteiger partial charge on any atom is 0.321 e. The highest BCUT2D eigenvalue weighted by molar-refractivity contribution is 5.94. The van der Waals surface area contributed by atoms with Gasteiger partial charge in [0, 0.05) is 37.2 Å². The Morgan fingerprint density at radius 2 is 1.93 bits per heavy atom. The third kappa shape index (κ3) is 5.20. The molecule has 0 aliphatic carbocycles. The quantitative estimate of drug-likeness (QED) is 0.850. The van der Waals surface area contributed by atoms with E-state index in [0.717, 1.165) is 24.3 Å². The van der Waals surface area contributed by atoms with E-state index in [1.165, 1.54) is 0 Å². The lowest BCUT2D eigenvalue weighted by molar-refractivity contribution is 0.0919. The summed E-state index contributed by atoms with van der Waals surface area (Å²) >= 11 is 0. The molecule has 0 saturated carbocycles. The monoisotopic (exact) mass is 368 g/mol. The second-order valence-electron chi connectivity index (χ2n) is 6.36. The Hall–Kier alpha value is -3.09. The Balaban J connectivity index is 1.45. The van der Waals surface area contributed by atoms with E-state index >= 15 is 0 Å². The fraction of sp³-hybridized carbons (Fsp3) is 0.350. The molecule has 1 aromatic heterocycles. The molecular weight excluding hydrogens is 344 g/mol. The van der Waals surface area contributed by atoms with Gasteiger partial charge < -0.3 is 20.3 Å². The minimum absolute atomic E-state index is 0.0623. The molecule has 1 fully saturated rings. The SMILES string of the molecule is CCOc1ccc(NC(=O)N2CCC(NC(=O)c3cccnc3)CC2)cc1. The summed E-state index contributed by atoms with van der Waals surface area (Å²) < 4.78 is 5.40. The average molecular weight is 368 g/mol. The molecule has 3 rings (SSSR count). The topological polar surface area (TPSA) is 83.6 Å². The van der Waals surface area contributed by atoms with Crippen molar-refractivity contribution < 1.29 is 14.3 Å². The zero-order chi connectivity index (χ0) is 19.1. The number of carbonyl (C=O) groups is 2. The molecule has 142 valence electrons. The molecule has 0 radical (unpaired) electrons. The molecule has 1 aliphatic rings. The van der Waals surface area contributed by atoms with Crippen LogP contribution in [0.1, 0.15) is 30.1 Å². The van der Waals surface area contributed by atoms with Crippen molar-refractivity contribution in [3.8, 4) is 5.75 Å². The molecule has 1 aliphatic heterocycles. The van der Waals surface area contributed by atoms with Crippen LogP contribution in [0.15, 0.2) is 48.8 Å². The summed E-state index contributed by atoms with van der Waals surface area (Å²) in [5.74, 6) is 0.654. The van der Waals surface area contributed by atoms with Gasteiger partial charge in [0.2, 0.25) is 0 Å². The Kier molecular flexibility index (Phi) is 6.25. The number of urea groups is 1. The van der Waals surface area contributed by atoms with Crippen molar-refractivity contribution >= 4 is 17.6 Å². The van der Waals surface area contributed by atoms with E-state index in [1.807, 2.05) is 31.2 Å². The van der Waals surface area contributed by atoms with Gasteiger partial charge in [-0.1, -0.05) is 0 Å². The molecule has 1 aromatic carbocycles. The first-order valence-electron chi connectivity index (χ1n) is 9.15. The van der Waals surface area contributed by atoms with E-state index in [1.54, 1.807) is 29.4 Å². The first kappa shape index (κ1) is 18.7. The van der Waals surface area contributed by atoms with Gasteiger partial charge in [-0.2, -0.15) is 0 Å². The Bertz CT molecular complexity index is 757. The molecule has 0 unspecified atom stereocenters. The van der Waals surface area contributed by atoms with Crippen molar-refractivity contribution in [3.63, 3.8) is 0 Å². The van der Waals surface area contributed by atoms with Gasteiger partial charge in [-0.15, -0.1) is 0 Å². The van der Waals surface area contributed by atoms with E-state index in [2.05, 4.69) is 15.6 Å². The number of rotatable bonds is 5. The molecule has 2 N–H and O–H groups in total. The van der Waals surface area contributed by atoms with E-state index in [0.29, 0.717) is 25.3 Å². The number of hydrogen-bond acceptors (Lipinski definition) is 4. The lowest BCUT2D eigenvalue weighted by atomic mass is 10.0. The van der Waals surface area contributed by atoms with Crippen molar-refractivity contribution in [1.29, 1.82) is 0 Å².